The number of primary amides is 1. The molecular formula is C12H18N4O3. The van der Waals surface area contributed by atoms with Crippen molar-refractivity contribution in [1.29, 1.82) is 0 Å². The maximum Gasteiger partial charge on any atom is 0.243 e. The van der Waals surface area contributed by atoms with Crippen molar-refractivity contribution in [2.45, 2.75) is 6.54 Å². The largest absolute Gasteiger partial charge is 0.409 e. The number of amidine groups is 1. The Balaban J connectivity index is 2.39. The van der Waals surface area contributed by atoms with Crippen molar-refractivity contribution in [1.82, 2.24) is 5.32 Å². The van der Waals surface area contributed by atoms with Gasteiger partial charge in [-0.05, 0) is 5.56 Å². The molecule has 0 saturated heterocycles. The third-order valence-corrected chi connectivity index (χ3v) is 2.38. The Morgan fingerprint density at radius 1 is 1.37 bits per heavy atom. The van der Waals surface area contributed by atoms with E-state index in [4.69, 9.17) is 21.4 Å². The summed E-state index contributed by atoms with van der Waals surface area (Å²) in [4.78, 5) is 10.4. The van der Waals surface area contributed by atoms with Gasteiger partial charge in [0, 0.05) is 18.7 Å². The van der Waals surface area contributed by atoms with Crippen molar-refractivity contribution in [3.05, 3.63) is 35.4 Å². The SMILES string of the molecule is NC(=O)COCCNCc1ccccc1/C(N)=N/O. The second-order valence-corrected chi connectivity index (χ2v) is 3.84. The highest BCUT2D eigenvalue weighted by Gasteiger charge is 2.05. The van der Waals surface area contributed by atoms with E-state index in [1.165, 1.54) is 0 Å². The van der Waals surface area contributed by atoms with Gasteiger partial charge in [-0.25, -0.2) is 0 Å². The van der Waals surface area contributed by atoms with Crippen molar-refractivity contribution in [3.8, 4) is 0 Å². The van der Waals surface area contributed by atoms with Gasteiger partial charge in [0.2, 0.25) is 5.91 Å². The summed E-state index contributed by atoms with van der Waals surface area (Å²) >= 11 is 0. The molecule has 0 fully saturated rings. The van der Waals surface area contributed by atoms with Gasteiger partial charge in [0.1, 0.15) is 6.61 Å². The summed E-state index contributed by atoms with van der Waals surface area (Å²) in [6, 6.07) is 7.34. The zero-order valence-electron chi connectivity index (χ0n) is 10.5. The maximum atomic E-state index is 10.4. The van der Waals surface area contributed by atoms with E-state index in [9.17, 15) is 4.79 Å². The molecular weight excluding hydrogens is 248 g/mol. The summed E-state index contributed by atoms with van der Waals surface area (Å²) < 4.78 is 5.01. The summed E-state index contributed by atoms with van der Waals surface area (Å²) in [5.41, 5.74) is 12.1. The van der Waals surface area contributed by atoms with E-state index < -0.39 is 5.91 Å². The van der Waals surface area contributed by atoms with Crippen molar-refractivity contribution in [2.24, 2.45) is 16.6 Å². The van der Waals surface area contributed by atoms with Crippen LogP contribution in [0.3, 0.4) is 0 Å². The number of carbonyl (C=O) groups excluding carboxylic acids is 1. The monoisotopic (exact) mass is 266 g/mol. The first-order valence-corrected chi connectivity index (χ1v) is 5.77. The van der Waals surface area contributed by atoms with Crippen molar-refractivity contribution in [2.75, 3.05) is 19.8 Å². The van der Waals surface area contributed by atoms with Gasteiger partial charge in [0.15, 0.2) is 5.84 Å². The molecule has 0 saturated carbocycles. The summed E-state index contributed by atoms with van der Waals surface area (Å²) in [6.07, 6.45) is 0. The number of nitrogens with zero attached hydrogens (tertiary/aromatic N) is 1. The molecule has 0 aliphatic carbocycles. The lowest BCUT2D eigenvalue weighted by Crippen LogP contribution is -2.25. The van der Waals surface area contributed by atoms with Crippen molar-refractivity contribution in [3.63, 3.8) is 0 Å². The summed E-state index contributed by atoms with van der Waals surface area (Å²) in [6.45, 7) is 1.42. The van der Waals surface area contributed by atoms with Crippen LogP contribution in [-0.4, -0.2) is 36.7 Å². The van der Waals surface area contributed by atoms with Crippen LogP contribution in [0.25, 0.3) is 0 Å². The van der Waals surface area contributed by atoms with E-state index in [0.29, 0.717) is 25.3 Å². The molecule has 1 amide bonds. The Bertz CT molecular complexity index is 448. The van der Waals surface area contributed by atoms with Crippen LogP contribution in [-0.2, 0) is 16.1 Å². The fourth-order valence-corrected chi connectivity index (χ4v) is 1.52. The van der Waals surface area contributed by atoms with E-state index in [2.05, 4.69) is 10.5 Å². The van der Waals surface area contributed by atoms with Crippen LogP contribution in [0, 0.1) is 0 Å². The standard InChI is InChI=1S/C12H18N4O3/c13-11(17)8-19-6-5-15-7-9-3-1-2-4-10(9)12(14)16-18/h1-4,15,18H,5-8H2,(H2,13,17)(H2,14,16). The minimum atomic E-state index is -0.489. The van der Waals surface area contributed by atoms with E-state index in [0.717, 1.165) is 5.56 Å². The number of nitrogens with one attached hydrogen (secondary N) is 1. The van der Waals surface area contributed by atoms with Crippen molar-refractivity contribution < 1.29 is 14.7 Å². The maximum absolute atomic E-state index is 10.4. The minimum Gasteiger partial charge on any atom is -0.409 e. The van der Waals surface area contributed by atoms with Crippen LogP contribution >= 0.6 is 0 Å². The fourth-order valence-electron chi connectivity index (χ4n) is 1.52. The van der Waals surface area contributed by atoms with Gasteiger partial charge < -0.3 is 26.7 Å². The van der Waals surface area contributed by atoms with E-state index in [1.807, 2.05) is 18.2 Å². The molecule has 0 bridgehead atoms. The zero-order chi connectivity index (χ0) is 14.1. The molecule has 0 unspecified atom stereocenters. The summed E-state index contributed by atoms with van der Waals surface area (Å²) in [5.74, 6) is -0.417. The molecule has 0 aromatic heterocycles. The van der Waals surface area contributed by atoms with Gasteiger partial charge in [-0.3, -0.25) is 4.79 Å². The minimum absolute atomic E-state index is 0.0716. The molecule has 0 radical (unpaired) electrons. The predicted molar refractivity (Wildman–Crippen MR) is 70.7 cm³/mol. The Morgan fingerprint density at radius 3 is 2.79 bits per heavy atom. The number of oxime groups is 1. The molecule has 0 atom stereocenters. The van der Waals surface area contributed by atoms with Gasteiger partial charge in [-0.1, -0.05) is 29.4 Å². The van der Waals surface area contributed by atoms with E-state index in [-0.39, 0.29) is 12.4 Å². The molecule has 19 heavy (non-hydrogen) atoms. The Hall–Kier alpha value is -2.12. The molecule has 0 aliphatic rings. The molecule has 1 rings (SSSR count). The first-order chi connectivity index (χ1) is 9.15. The van der Waals surface area contributed by atoms with Crippen LogP contribution in [0.15, 0.2) is 29.4 Å². The highest BCUT2D eigenvalue weighted by Crippen LogP contribution is 2.07. The number of amides is 1. The highest BCUT2D eigenvalue weighted by molar-refractivity contribution is 5.98. The van der Waals surface area contributed by atoms with Gasteiger partial charge in [-0.15, -0.1) is 0 Å². The number of rotatable bonds is 8. The lowest BCUT2D eigenvalue weighted by Gasteiger charge is -2.09. The van der Waals surface area contributed by atoms with E-state index in [1.54, 1.807) is 6.07 Å². The first-order valence-electron chi connectivity index (χ1n) is 5.77. The van der Waals surface area contributed by atoms with Crippen molar-refractivity contribution >= 4 is 11.7 Å². The molecule has 7 nitrogen and oxygen atoms in total. The van der Waals surface area contributed by atoms with Gasteiger partial charge in [0.05, 0.1) is 6.61 Å². The van der Waals surface area contributed by atoms with Crippen LogP contribution < -0.4 is 16.8 Å². The van der Waals surface area contributed by atoms with Gasteiger partial charge in [-0.2, -0.15) is 0 Å². The predicted octanol–water partition coefficient (Wildman–Crippen LogP) is -0.627. The van der Waals surface area contributed by atoms with Crippen LogP contribution in [0.2, 0.25) is 0 Å². The number of hydrogen-bond acceptors (Lipinski definition) is 5. The normalized spacial score (nSPS) is 11.5. The summed E-state index contributed by atoms with van der Waals surface area (Å²) in [7, 11) is 0. The fraction of sp³-hybridized carbons (Fsp3) is 0.333. The number of benzene rings is 1. The number of hydrogen-bond donors (Lipinski definition) is 4. The van der Waals surface area contributed by atoms with Gasteiger partial charge in [0.25, 0.3) is 0 Å². The van der Waals surface area contributed by atoms with E-state index >= 15 is 0 Å². The number of carbonyl (C=O) groups is 1. The van der Waals surface area contributed by atoms with Crippen LogP contribution in [0.4, 0.5) is 0 Å². The molecule has 0 spiro atoms. The Labute approximate surface area is 111 Å². The highest BCUT2D eigenvalue weighted by atomic mass is 16.5. The van der Waals surface area contributed by atoms with Crippen LogP contribution in [0.5, 0.6) is 0 Å². The van der Waals surface area contributed by atoms with Crippen LogP contribution in [0.1, 0.15) is 11.1 Å². The van der Waals surface area contributed by atoms with Gasteiger partial charge >= 0.3 is 0 Å². The summed E-state index contributed by atoms with van der Waals surface area (Å²) in [5, 5.41) is 14.8. The average Bonchev–Trinajstić information content (AvgIpc) is 2.42. The second-order valence-electron chi connectivity index (χ2n) is 3.84. The molecule has 0 aliphatic heterocycles. The first kappa shape index (κ1) is 14.9. The molecule has 1 aromatic rings. The average molecular weight is 266 g/mol. The molecule has 6 N–H and O–H groups in total. The molecule has 1 aromatic carbocycles. The quantitative estimate of drug-likeness (QED) is 0.164. The molecule has 104 valence electrons. The lowest BCUT2D eigenvalue weighted by molar-refractivity contribution is -0.122. The zero-order valence-corrected chi connectivity index (χ0v) is 10.5. The third-order valence-electron chi connectivity index (χ3n) is 2.38. The number of nitrogens with two attached hydrogens (primary N) is 2. The second kappa shape index (κ2) is 8.06. The molecule has 7 heteroatoms. The third kappa shape index (κ3) is 5.36. The number of ether oxygens (including phenoxy) is 1. The smallest absolute Gasteiger partial charge is 0.243 e. The Kier molecular flexibility index (Phi) is 6.34. The molecule has 0 heterocycles. The Morgan fingerprint density at radius 2 is 2.11 bits per heavy atom. The topological polar surface area (TPSA) is 123 Å². The lowest BCUT2D eigenvalue weighted by atomic mass is 10.1.